The van der Waals surface area contributed by atoms with Gasteiger partial charge in [-0.2, -0.15) is 10.0 Å². The second kappa shape index (κ2) is 9.12. The fraction of sp³-hybridized carbons (Fsp3) is 0.143. The molecule has 0 atom stereocenters. The summed E-state index contributed by atoms with van der Waals surface area (Å²) >= 11 is 4.14. The number of benzene rings is 2. The van der Waals surface area contributed by atoms with Gasteiger partial charge in [0.2, 0.25) is 19.4 Å². The quantitative estimate of drug-likeness (QED) is 0.565. The minimum atomic E-state index is -3.59. The Morgan fingerprint density at radius 1 is 1.18 bits per heavy atom. The number of carbonyl (C=O) groups is 1. The van der Waals surface area contributed by atoms with Gasteiger partial charge in [-0.1, -0.05) is 34.1 Å². The number of halogens is 1. The molecule has 0 radical (unpaired) electrons. The number of hydrazone groups is 1. The predicted octanol–water partition coefficient (Wildman–Crippen LogP) is 3.66. The van der Waals surface area contributed by atoms with Gasteiger partial charge in [0.1, 0.15) is 6.61 Å². The molecule has 0 spiro atoms. The topological polar surface area (TPSA) is 121 Å². The van der Waals surface area contributed by atoms with Crippen LogP contribution in [0.4, 0.5) is 0 Å². The van der Waals surface area contributed by atoms with E-state index in [4.69, 9.17) is 14.9 Å². The molecule has 2 aromatic rings. The summed E-state index contributed by atoms with van der Waals surface area (Å²) in [5.41, 5.74) is 1.54. The largest absolute Gasteiger partial charge is 0.493 e. The first-order chi connectivity index (χ1) is 15.7. The van der Waals surface area contributed by atoms with Gasteiger partial charge in [-0.05, 0) is 53.2 Å². The summed E-state index contributed by atoms with van der Waals surface area (Å²) in [6.07, 6.45) is 2.48. The number of hydrogen-bond donors (Lipinski definition) is 1. The first kappa shape index (κ1) is 23.2. The minimum Gasteiger partial charge on any atom is -0.493 e. The van der Waals surface area contributed by atoms with Crippen LogP contribution >= 0.6 is 27.7 Å². The number of sulfone groups is 1. The molecular weight excluding hydrogens is 532 g/mol. The van der Waals surface area contributed by atoms with E-state index in [0.29, 0.717) is 23.7 Å². The zero-order valence-electron chi connectivity index (χ0n) is 17.4. The molecule has 2 heterocycles. The maximum atomic E-state index is 12.5. The van der Waals surface area contributed by atoms with E-state index in [2.05, 4.69) is 26.0 Å². The molecule has 0 unspecified atom stereocenters. The fourth-order valence-electron chi connectivity index (χ4n) is 2.93. The van der Waals surface area contributed by atoms with Crippen LogP contribution in [0.15, 0.2) is 62.6 Å². The average molecular weight is 549 g/mol. The number of aliphatic imine (C=N–C) groups is 1. The van der Waals surface area contributed by atoms with Crippen LogP contribution in [-0.2, 0) is 21.2 Å². The van der Waals surface area contributed by atoms with Crippen LogP contribution < -0.4 is 9.47 Å². The molecule has 0 bridgehead atoms. The minimum absolute atomic E-state index is 0.0246. The summed E-state index contributed by atoms with van der Waals surface area (Å²) in [6.45, 7) is 0.345. The van der Waals surface area contributed by atoms with E-state index >= 15 is 0 Å². The van der Waals surface area contributed by atoms with Crippen LogP contribution in [0.1, 0.15) is 11.1 Å². The first-order valence-corrected chi connectivity index (χ1v) is 12.9. The van der Waals surface area contributed by atoms with E-state index in [9.17, 15) is 13.2 Å². The highest BCUT2D eigenvalue weighted by atomic mass is 79.9. The molecule has 2 aliphatic rings. The van der Waals surface area contributed by atoms with E-state index in [1.807, 2.05) is 24.3 Å². The standard InChI is InChI=1S/C21H17BrN4O5S2/c1-30-17-10-13(5-8-16(17)31-11-12-3-6-14(22)7-4-12)9-15-18(23)26-20(24-19(15)27)32-21(25-26)33(2,28)29/h3-10,23H,11H2,1-2H3/b15-9-,23-18?. The molecule has 33 heavy (non-hydrogen) atoms. The SMILES string of the molecule is COc1cc(/C=C2/C(=N)N3N=C(S(C)(=O)=O)SC3=NC2=O)ccc1OCc1ccc(Br)cc1. The molecule has 0 aliphatic carbocycles. The summed E-state index contributed by atoms with van der Waals surface area (Å²) < 4.78 is 35.6. The molecule has 4 rings (SSSR count). The zero-order valence-corrected chi connectivity index (χ0v) is 20.6. The first-order valence-electron chi connectivity index (χ1n) is 9.41. The number of nitrogens with one attached hydrogen (secondary N) is 1. The lowest BCUT2D eigenvalue weighted by Gasteiger charge is -2.20. The molecule has 1 amide bonds. The Bertz CT molecular complexity index is 1350. The Balaban J connectivity index is 1.57. The van der Waals surface area contributed by atoms with Gasteiger partial charge in [0.25, 0.3) is 5.91 Å². The Hall–Kier alpha value is -2.96. The highest BCUT2D eigenvalue weighted by molar-refractivity contribution is 9.10. The number of hydrogen-bond acceptors (Lipinski definition) is 8. The third-order valence-corrected chi connectivity index (χ3v) is 7.67. The highest BCUT2D eigenvalue weighted by Gasteiger charge is 2.38. The summed E-state index contributed by atoms with van der Waals surface area (Å²) in [6, 6.07) is 12.8. The number of methoxy groups -OCH3 is 1. The normalized spacial score (nSPS) is 17.1. The van der Waals surface area contributed by atoms with Crippen molar-refractivity contribution in [3.63, 3.8) is 0 Å². The number of thioether (sulfide) groups is 1. The summed E-state index contributed by atoms with van der Waals surface area (Å²) in [7, 11) is -2.08. The van der Waals surface area contributed by atoms with Crippen molar-refractivity contribution in [1.29, 1.82) is 5.41 Å². The molecule has 12 heteroatoms. The maximum absolute atomic E-state index is 12.5. The van der Waals surface area contributed by atoms with Crippen molar-refractivity contribution in [3.05, 3.63) is 63.6 Å². The highest BCUT2D eigenvalue weighted by Crippen LogP contribution is 2.32. The zero-order chi connectivity index (χ0) is 23.8. The lowest BCUT2D eigenvalue weighted by Crippen LogP contribution is -2.35. The van der Waals surface area contributed by atoms with Crippen LogP contribution in [0, 0.1) is 5.41 Å². The van der Waals surface area contributed by atoms with E-state index in [1.54, 1.807) is 18.2 Å². The van der Waals surface area contributed by atoms with Crippen LogP contribution in [0.2, 0.25) is 0 Å². The third-order valence-electron chi connectivity index (χ3n) is 4.56. The lowest BCUT2D eigenvalue weighted by molar-refractivity contribution is -0.114. The third kappa shape index (κ3) is 5.02. The number of amidine groups is 2. The van der Waals surface area contributed by atoms with Gasteiger partial charge in [-0.3, -0.25) is 10.2 Å². The number of fused-ring (bicyclic) bond motifs is 1. The second-order valence-corrected chi connectivity index (χ2v) is 11.0. The van der Waals surface area contributed by atoms with Crippen LogP contribution in [0.3, 0.4) is 0 Å². The monoisotopic (exact) mass is 548 g/mol. The molecule has 0 saturated heterocycles. The van der Waals surface area contributed by atoms with Crippen molar-refractivity contribution >= 4 is 64.9 Å². The summed E-state index contributed by atoms with van der Waals surface area (Å²) in [5.74, 6) is 0.0599. The Labute approximate surface area is 202 Å². The van der Waals surface area contributed by atoms with Gasteiger partial charge < -0.3 is 9.47 Å². The maximum Gasteiger partial charge on any atom is 0.283 e. The number of amides is 1. The summed E-state index contributed by atoms with van der Waals surface area (Å²) in [4.78, 5) is 16.4. The van der Waals surface area contributed by atoms with Crippen molar-refractivity contribution in [3.8, 4) is 11.5 Å². The Morgan fingerprint density at radius 2 is 1.91 bits per heavy atom. The van der Waals surface area contributed by atoms with E-state index in [0.717, 1.165) is 33.1 Å². The van der Waals surface area contributed by atoms with Gasteiger partial charge in [0, 0.05) is 10.7 Å². The molecule has 2 aliphatic heterocycles. The fourth-order valence-corrected chi connectivity index (χ4v) is 4.88. The van der Waals surface area contributed by atoms with Crippen LogP contribution in [0.25, 0.3) is 6.08 Å². The van der Waals surface area contributed by atoms with Crippen molar-refractivity contribution < 1.29 is 22.7 Å². The van der Waals surface area contributed by atoms with Gasteiger partial charge in [0.15, 0.2) is 17.3 Å². The molecule has 2 aromatic carbocycles. The number of nitrogens with zero attached hydrogens (tertiary/aromatic N) is 3. The molecule has 9 nitrogen and oxygen atoms in total. The van der Waals surface area contributed by atoms with E-state index in [1.165, 1.54) is 13.2 Å². The number of carbonyl (C=O) groups excluding carboxylic acids is 1. The molecule has 1 N–H and O–H groups in total. The Morgan fingerprint density at radius 3 is 2.58 bits per heavy atom. The van der Waals surface area contributed by atoms with E-state index < -0.39 is 15.7 Å². The molecule has 0 saturated carbocycles. The molecular formula is C21H17BrN4O5S2. The van der Waals surface area contributed by atoms with Gasteiger partial charge in [0.05, 0.1) is 12.7 Å². The number of ether oxygens (including phenoxy) is 2. The molecule has 0 fully saturated rings. The van der Waals surface area contributed by atoms with Crippen molar-refractivity contribution in [2.75, 3.05) is 13.4 Å². The van der Waals surface area contributed by atoms with Crippen molar-refractivity contribution in [1.82, 2.24) is 5.01 Å². The van der Waals surface area contributed by atoms with Gasteiger partial charge in [-0.25, -0.2) is 8.42 Å². The van der Waals surface area contributed by atoms with Crippen molar-refractivity contribution in [2.24, 2.45) is 10.1 Å². The van der Waals surface area contributed by atoms with Crippen molar-refractivity contribution in [2.45, 2.75) is 6.61 Å². The van der Waals surface area contributed by atoms with Gasteiger partial charge in [-0.15, -0.1) is 5.10 Å². The molecule has 0 aromatic heterocycles. The van der Waals surface area contributed by atoms with Crippen LogP contribution in [0.5, 0.6) is 11.5 Å². The molecule has 170 valence electrons. The Kier molecular flexibility index (Phi) is 6.41. The predicted molar refractivity (Wildman–Crippen MR) is 131 cm³/mol. The smallest absolute Gasteiger partial charge is 0.283 e. The second-order valence-electron chi connectivity index (χ2n) is 6.98. The number of rotatable bonds is 5. The average Bonchev–Trinajstić information content (AvgIpc) is 3.21. The summed E-state index contributed by atoms with van der Waals surface area (Å²) in [5, 5.41) is 13.4. The lowest BCUT2D eigenvalue weighted by atomic mass is 10.1. The van der Waals surface area contributed by atoms with E-state index in [-0.39, 0.29) is 21.0 Å². The van der Waals surface area contributed by atoms with Gasteiger partial charge >= 0.3 is 0 Å². The van der Waals surface area contributed by atoms with Crippen LogP contribution in [-0.4, -0.2) is 48.1 Å².